The summed E-state index contributed by atoms with van der Waals surface area (Å²) in [5, 5.41) is 0. The quantitative estimate of drug-likeness (QED) is 0.806. The summed E-state index contributed by atoms with van der Waals surface area (Å²) in [6.07, 6.45) is -1.28. The Morgan fingerprint density at radius 3 is 2.62 bits per heavy atom. The van der Waals surface area contributed by atoms with Crippen LogP contribution < -0.4 is 4.74 Å². The third-order valence-electron chi connectivity index (χ3n) is 1.68. The molecule has 0 aliphatic carbocycles. The molecule has 0 atom stereocenters. The molecule has 0 aliphatic heterocycles. The molecule has 0 saturated carbocycles. The molecule has 13 heavy (non-hydrogen) atoms. The highest BCUT2D eigenvalue weighted by atomic mass is 79.9. The van der Waals surface area contributed by atoms with E-state index >= 15 is 0 Å². The highest BCUT2D eigenvalue weighted by molar-refractivity contribution is 9.10. The summed E-state index contributed by atoms with van der Waals surface area (Å²) in [5.74, 6) is 0.460. The van der Waals surface area contributed by atoms with E-state index < -0.39 is 6.43 Å². The van der Waals surface area contributed by atoms with Gasteiger partial charge in [-0.05, 0) is 28.4 Å². The van der Waals surface area contributed by atoms with Gasteiger partial charge in [0.1, 0.15) is 5.69 Å². The second kappa shape index (κ2) is 4.00. The fraction of sp³-hybridized carbons (Fsp3) is 0.375. The average Bonchev–Trinajstić information content (AvgIpc) is 2.09. The van der Waals surface area contributed by atoms with Crippen molar-refractivity contribution in [1.29, 1.82) is 0 Å². The second-order valence-electron chi connectivity index (χ2n) is 2.45. The van der Waals surface area contributed by atoms with Crippen LogP contribution in [0.4, 0.5) is 8.78 Å². The van der Waals surface area contributed by atoms with Gasteiger partial charge in [0.15, 0.2) is 5.75 Å². The molecule has 1 aromatic heterocycles. The van der Waals surface area contributed by atoms with E-state index in [-0.39, 0.29) is 5.69 Å². The third-order valence-corrected chi connectivity index (χ3v) is 2.66. The fourth-order valence-corrected chi connectivity index (χ4v) is 1.41. The topological polar surface area (TPSA) is 22.1 Å². The summed E-state index contributed by atoms with van der Waals surface area (Å²) in [7, 11) is 1.46. The normalized spacial score (nSPS) is 10.6. The predicted molar refractivity (Wildman–Crippen MR) is 48.2 cm³/mol. The average molecular weight is 252 g/mol. The Bertz CT molecular complexity index is 317. The van der Waals surface area contributed by atoms with E-state index in [0.717, 1.165) is 0 Å². The first-order chi connectivity index (χ1) is 6.07. The van der Waals surface area contributed by atoms with Crippen LogP contribution in [0, 0.1) is 6.92 Å². The van der Waals surface area contributed by atoms with E-state index in [9.17, 15) is 8.78 Å². The van der Waals surface area contributed by atoms with Crippen LogP contribution in [0.25, 0.3) is 0 Å². The van der Waals surface area contributed by atoms with E-state index in [0.29, 0.717) is 15.8 Å². The maximum absolute atomic E-state index is 12.3. The number of ether oxygens (including phenoxy) is 1. The Morgan fingerprint density at radius 2 is 2.15 bits per heavy atom. The number of pyridine rings is 1. The zero-order chi connectivity index (χ0) is 10.0. The smallest absolute Gasteiger partial charge is 0.280 e. The molecule has 72 valence electrons. The van der Waals surface area contributed by atoms with Gasteiger partial charge in [0.2, 0.25) is 0 Å². The van der Waals surface area contributed by atoms with Gasteiger partial charge in [0.05, 0.1) is 17.8 Å². The van der Waals surface area contributed by atoms with Crippen molar-refractivity contribution < 1.29 is 13.5 Å². The zero-order valence-corrected chi connectivity index (χ0v) is 8.73. The van der Waals surface area contributed by atoms with Crippen LogP contribution in [-0.2, 0) is 0 Å². The Labute approximate surface area is 83.1 Å². The van der Waals surface area contributed by atoms with Crippen LogP contribution in [0.1, 0.15) is 17.7 Å². The molecule has 0 bridgehead atoms. The van der Waals surface area contributed by atoms with E-state index in [1.807, 2.05) is 0 Å². The van der Waals surface area contributed by atoms with E-state index in [1.54, 1.807) is 6.92 Å². The second-order valence-corrected chi connectivity index (χ2v) is 3.24. The van der Waals surface area contributed by atoms with Gasteiger partial charge >= 0.3 is 0 Å². The van der Waals surface area contributed by atoms with Gasteiger partial charge in [-0.25, -0.2) is 8.78 Å². The van der Waals surface area contributed by atoms with Crippen LogP contribution in [-0.4, -0.2) is 12.1 Å². The minimum atomic E-state index is -2.55. The zero-order valence-electron chi connectivity index (χ0n) is 7.14. The van der Waals surface area contributed by atoms with Crippen molar-refractivity contribution in [3.8, 4) is 5.75 Å². The van der Waals surface area contributed by atoms with Gasteiger partial charge in [0.25, 0.3) is 6.43 Å². The van der Waals surface area contributed by atoms with Crippen LogP contribution in [0.5, 0.6) is 5.75 Å². The molecule has 1 rings (SSSR count). The lowest BCUT2D eigenvalue weighted by Gasteiger charge is -2.09. The van der Waals surface area contributed by atoms with Crippen LogP contribution in [0.15, 0.2) is 10.7 Å². The van der Waals surface area contributed by atoms with Crippen molar-refractivity contribution in [2.75, 3.05) is 7.11 Å². The number of rotatable bonds is 2. The highest BCUT2D eigenvalue weighted by Gasteiger charge is 2.16. The first kappa shape index (κ1) is 10.4. The minimum Gasteiger partial charge on any atom is -0.494 e. The highest BCUT2D eigenvalue weighted by Crippen LogP contribution is 2.32. The number of alkyl halides is 2. The molecule has 5 heteroatoms. The fourth-order valence-electron chi connectivity index (χ4n) is 0.941. The molecule has 0 unspecified atom stereocenters. The van der Waals surface area contributed by atoms with Gasteiger partial charge in [0, 0.05) is 0 Å². The first-order valence-corrected chi connectivity index (χ1v) is 4.34. The molecular weight excluding hydrogens is 244 g/mol. The molecule has 0 saturated heterocycles. The van der Waals surface area contributed by atoms with Crippen molar-refractivity contribution in [1.82, 2.24) is 4.98 Å². The molecule has 1 aromatic rings. The van der Waals surface area contributed by atoms with Crippen molar-refractivity contribution in [2.45, 2.75) is 13.3 Å². The monoisotopic (exact) mass is 251 g/mol. The van der Waals surface area contributed by atoms with Gasteiger partial charge in [-0.2, -0.15) is 0 Å². The maximum Gasteiger partial charge on any atom is 0.280 e. The number of aromatic nitrogens is 1. The Balaban J connectivity index is 3.23. The van der Waals surface area contributed by atoms with Crippen molar-refractivity contribution in [2.24, 2.45) is 0 Å². The van der Waals surface area contributed by atoms with Crippen molar-refractivity contribution in [3.05, 3.63) is 21.9 Å². The van der Waals surface area contributed by atoms with Gasteiger partial charge in [-0.3, -0.25) is 4.98 Å². The maximum atomic E-state index is 12.3. The largest absolute Gasteiger partial charge is 0.494 e. The number of halogens is 3. The molecule has 0 amide bonds. The van der Waals surface area contributed by atoms with Crippen LogP contribution >= 0.6 is 15.9 Å². The number of methoxy groups -OCH3 is 1. The summed E-state index contributed by atoms with van der Waals surface area (Å²) < 4.78 is 30.1. The van der Waals surface area contributed by atoms with Gasteiger partial charge in [-0.1, -0.05) is 0 Å². The van der Waals surface area contributed by atoms with Crippen LogP contribution in [0.2, 0.25) is 0 Å². The molecule has 0 aromatic carbocycles. The van der Waals surface area contributed by atoms with E-state index in [4.69, 9.17) is 4.74 Å². The molecular formula is C8H8BrF2NO. The summed E-state index contributed by atoms with van der Waals surface area (Å²) in [6.45, 7) is 1.57. The summed E-state index contributed by atoms with van der Waals surface area (Å²) in [5.41, 5.74) is 0.196. The minimum absolute atomic E-state index is 0.215. The summed E-state index contributed by atoms with van der Waals surface area (Å²) in [6, 6.07) is 0. The lowest BCUT2D eigenvalue weighted by Crippen LogP contribution is -1.97. The van der Waals surface area contributed by atoms with Gasteiger partial charge in [-0.15, -0.1) is 0 Å². The molecule has 0 fully saturated rings. The van der Waals surface area contributed by atoms with Crippen molar-refractivity contribution in [3.63, 3.8) is 0 Å². The van der Waals surface area contributed by atoms with Gasteiger partial charge < -0.3 is 4.74 Å². The molecule has 0 N–H and O–H groups in total. The Hall–Kier alpha value is -0.710. The molecule has 0 radical (unpaired) electrons. The van der Waals surface area contributed by atoms with E-state index in [2.05, 4.69) is 20.9 Å². The van der Waals surface area contributed by atoms with Crippen LogP contribution in [0.3, 0.4) is 0 Å². The molecule has 0 aliphatic rings. The first-order valence-electron chi connectivity index (χ1n) is 3.55. The number of hydrogen-bond donors (Lipinski definition) is 0. The Morgan fingerprint density at radius 1 is 1.54 bits per heavy atom. The third kappa shape index (κ3) is 1.96. The van der Waals surface area contributed by atoms with E-state index in [1.165, 1.54) is 13.3 Å². The lowest BCUT2D eigenvalue weighted by atomic mass is 10.2. The predicted octanol–water partition coefficient (Wildman–Crippen LogP) is 3.10. The molecule has 0 spiro atoms. The lowest BCUT2D eigenvalue weighted by molar-refractivity contribution is 0.145. The summed E-state index contributed by atoms with van der Waals surface area (Å²) >= 11 is 3.16. The summed E-state index contributed by atoms with van der Waals surface area (Å²) in [4.78, 5) is 3.60. The SMILES string of the molecule is COc1cnc(C(F)F)c(C)c1Br. The number of hydrogen-bond acceptors (Lipinski definition) is 2. The standard InChI is InChI=1S/C8H8BrF2NO/c1-4-6(9)5(13-2)3-12-7(4)8(10)11/h3,8H,1-2H3. The number of nitrogens with zero attached hydrogens (tertiary/aromatic N) is 1. The Kier molecular flexibility index (Phi) is 3.19. The molecule has 2 nitrogen and oxygen atoms in total. The molecule has 1 heterocycles. The van der Waals surface area contributed by atoms with Crippen molar-refractivity contribution >= 4 is 15.9 Å².